The van der Waals surface area contributed by atoms with Crippen molar-refractivity contribution in [1.82, 2.24) is 0 Å². The summed E-state index contributed by atoms with van der Waals surface area (Å²) in [6.07, 6.45) is 0. The average molecular weight is 224 g/mol. The minimum atomic E-state index is -2.15. The first kappa shape index (κ1) is 9.39. The Kier molecular flexibility index (Phi) is 2.55. The molecule has 0 spiro atoms. The number of carboxylic acids is 2. The molecule has 0 aromatic heterocycles. The molecule has 1 aromatic rings. The van der Waals surface area contributed by atoms with Gasteiger partial charge in [0.25, 0.3) is 1.43 Å². The highest BCUT2D eigenvalue weighted by molar-refractivity contribution is 5.88. The SMILES string of the molecule is [2H]OC(=O)C(C)(c1ccccc1)C([2H])(C)C(=O)O. The van der Waals surface area contributed by atoms with Crippen LogP contribution in [0.15, 0.2) is 30.3 Å². The van der Waals surface area contributed by atoms with E-state index in [1.807, 2.05) is 0 Å². The fourth-order valence-corrected chi connectivity index (χ4v) is 1.47. The monoisotopic (exact) mass is 224 g/mol. The Morgan fingerprint density at radius 3 is 2.44 bits per heavy atom. The van der Waals surface area contributed by atoms with Crippen molar-refractivity contribution in [1.29, 1.82) is 1.43 Å². The predicted molar refractivity (Wildman–Crippen MR) is 58.2 cm³/mol. The Morgan fingerprint density at radius 2 is 2.00 bits per heavy atom. The Labute approximate surface area is 96.4 Å². The van der Waals surface area contributed by atoms with Crippen LogP contribution in [0.25, 0.3) is 1.43 Å². The molecule has 1 aromatic carbocycles. The third-order valence-electron chi connectivity index (χ3n) is 2.83. The van der Waals surface area contributed by atoms with Crippen molar-refractivity contribution in [2.24, 2.45) is 5.89 Å². The number of hydrogen-bond acceptors (Lipinski definition) is 3. The topological polar surface area (TPSA) is 74.6 Å². The lowest BCUT2D eigenvalue weighted by Crippen LogP contribution is -2.42. The van der Waals surface area contributed by atoms with Crippen LogP contribution in [-0.4, -0.2) is 22.2 Å². The van der Waals surface area contributed by atoms with E-state index in [4.69, 9.17) is 7.91 Å². The number of benzene rings is 1. The molecule has 4 heteroatoms. The second-order valence-electron chi connectivity index (χ2n) is 3.71. The molecule has 0 saturated heterocycles. The van der Waals surface area contributed by atoms with Crippen LogP contribution in [0.4, 0.5) is 0 Å². The van der Waals surface area contributed by atoms with Crippen LogP contribution in [-0.2, 0) is 15.0 Å². The molecule has 0 amide bonds. The maximum Gasteiger partial charge on any atom is 0.314 e. The molecule has 0 aliphatic carbocycles. The quantitative estimate of drug-likeness (QED) is 0.817. The van der Waals surface area contributed by atoms with Gasteiger partial charge in [-0.25, -0.2) is 0 Å². The van der Waals surface area contributed by atoms with Gasteiger partial charge in [-0.3, -0.25) is 9.59 Å². The van der Waals surface area contributed by atoms with Crippen LogP contribution in [0.1, 0.15) is 20.8 Å². The van der Waals surface area contributed by atoms with Gasteiger partial charge < -0.3 is 10.2 Å². The number of carboxylic acid groups (broad SMARTS) is 2. The van der Waals surface area contributed by atoms with E-state index in [-0.39, 0.29) is 0 Å². The van der Waals surface area contributed by atoms with Gasteiger partial charge in [-0.1, -0.05) is 37.3 Å². The van der Waals surface area contributed by atoms with E-state index in [2.05, 4.69) is 5.11 Å². The zero-order valence-electron chi connectivity index (χ0n) is 11.1. The largest absolute Gasteiger partial charge is 0.481 e. The standard InChI is InChI=1S/C12H14O4/c1-8(10(13)14)12(2,11(15)16)9-6-4-3-5-7-9/h3-8H,1-2H3,(H,13,14)(H,15,16)/i8D/hD. The van der Waals surface area contributed by atoms with Crippen molar-refractivity contribution in [2.45, 2.75) is 19.3 Å². The number of rotatable bonds is 4. The number of aliphatic carboxylic acids is 2. The summed E-state index contributed by atoms with van der Waals surface area (Å²) in [5.41, 5.74) is -1.44. The molecule has 0 saturated carbocycles. The summed E-state index contributed by atoms with van der Waals surface area (Å²) in [6.45, 7) is 2.40. The Morgan fingerprint density at radius 1 is 1.44 bits per heavy atom. The summed E-state index contributed by atoms with van der Waals surface area (Å²) in [5.74, 6) is -4.68. The van der Waals surface area contributed by atoms with Crippen molar-refractivity contribution in [2.75, 3.05) is 0 Å². The second kappa shape index (κ2) is 4.35. The van der Waals surface area contributed by atoms with Gasteiger partial charge in [-0.15, -0.1) is 0 Å². The maximum atomic E-state index is 11.8. The Hall–Kier alpha value is -1.84. The van der Waals surface area contributed by atoms with Gasteiger partial charge in [0, 0.05) is 1.37 Å². The van der Waals surface area contributed by atoms with Gasteiger partial charge in [-0.05, 0) is 12.5 Å². The van der Waals surface area contributed by atoms with E-state index in [9.17, 15) is 9.59 Å². The van der Waals surface area contributed by atoms with Crippen LogP contribution in [0.2, 0.25) is 0 Å². The van der Waals surface area contributed by atoms with E-state index in [1.54, 1.807) is 18.2 Å². The molecule has 1 rings (SSSR count). The highest BCUT2D eigenvalue weighted by Crippen LogP contribution is 2.32. The molecule has 0 bridgehead atoms. The first-order valence-corrected chi connectivity index (χ1v) is 4.75. The van der Waals surface area contributed by atoms with Crippen LogP contribution < -0.4 is 0 Å². The van der Waals surface area contributed by atoms with Crippen LogP contribution >= 0.6 is 0 Å². The molecule has 2 atom stereocenters. The van der Waals surface area contributed by atoms with Crippen molar-refractivity contribution in [3.8, 4) is 0 Å². The lowest BCUT2D eigenvalue weighted by Gasteiger charge is -2.29. The third kappa shape index (κ3) is 1.91. The smallest absolute Gasteiger partial charge is 0.314 e. The third-order valence-corrected chi connectivity index (χ3v) is 2.83. The van der Waals surface area contributed by atoms with Gasteiger partial charge in [0.2, 0.25) is 0 Å². The van der Waals surface area contributed by atoms with E-state index in [0.29, 0.717) is 5.56 Å². The fraction of sp³-hybridized carbons (Fsp3) is 0.333. The summed E-state index contributed by atoms with van der Waals surface area (Å²) in [6, 6.07) is 8.03. The van der Waals surface area contributed by atoms with Gasteiger partial charge in [0.15, 0.2) is 0 Å². The van der Waals surface area contributed by atoms with E-state index in [0.717, 1.165) is 6.92 Å². The molecular formula is C12H14O4. The molecule has 2 N–H and O–H groups in total. The van der Waals surface area contributed by atoms with Crippen molar-refractivity contribution in [3.05, 3.63) is 35.9 Å². The van der Waals surface area contributed by atoms with E-state index in [1.165, 1.54) is 19.1 Å². The summed E-state index contributed by atoms with van der Waals surface area (Å²) in [5, 5.41) is 13.1. The highest BCUT2D eigenvalue weighted by Gasteiger charge is 2.44. The fourth-order valence-electron chi connectivity index (χ4n) is 1.47. The summed E-state index contributed by atoms with van der Waals surface area (Å²) < 4.78 is 14.6. The van der Waals surface area contributed by atoms with E-state index >= 15 is 0 Å². The second-order valence-corrected chi connectivity index (χ2v) is 3.71. The summed E-state index contributed by atoms with van der Waals surface area (Å²) in [7, 11) is 0. The minimum absolute atomic E-state index is 0.321. The lowest BCUT2D eigenvalue weighted by molar-refractivity contribution is -0.154. The highest BCUT2D eigenvalue weighted by atomic mass is 16.4. The molecule has 0 radical (unpaired) electrons. The molecule has 4 nitrogen and oxygen atoms in total. The van der Waals surface area contributed by atoms with Crippen molar-refractivity contribution < 1.29 is 21.2 Å². The molecule has 16 heavy (non-hydrogen) atoms. The maximum absolute atomic E-state index is 11.8. The van der Waals surface area contributed by atoms with Crippen molar-refractivity contribution in [3.63, 3.8) is 0 Å². The summed E-state index contributed by atoms with van der Waals surface area (Å²) in [4.78, 5) is 23.0. The average Bonchev–Trinajstić information content (AvgIpc) is 2.37. The zero-order chi connectivity index (χ0) is 14.0. The molecule has 0 fully saturated rings. The molecule has 0 heterocycles. The first-order chi connectivity index (χ1) is 8.28. The van der Waals surface area contributed by atoms with Crippen LogP contribution in [0.5, 0.6) is 0 Å². The Bertz CT molecular complexity index is 458. The Balaban J connectivity index is 3.47. The van der Waals surface area contributed by atoms with Gasteiger partial charge in [-0.2, -0.15) is 0 Å². The molecule has 0 aliphatic rings. The number of hydrogen-bond donors (Lipinski definition) is 2. The van der Waals surface area contributed by atoms with Crippen molar-refractivity contribution >= 4 is 11.9 Å². The van der Waals surface area contributed by atoms with Gasteiger partial charge >= 0.3 is 11.9 Å². The molecular weight excluding hydrogens is 208 g/mol. The van der Waals surface area contributed by atoms with Crippen LogP contribution in [0.3, 0.4) is 0 Å². The van der Waals surface area contributed by atoms with Gasteiger partial charge in [0.1, 0.15) is 5.41 Å². The summed E-state index contributed by atoms with van der Waals surface area (Å²) >= 11 is 0. The van der Waals surface area contributed by atoms with Crippen LogP contribution in [0, 0.1) is 5.89 Å². The predicted octanol–water partition coefficient (Wildman–Crippen LogP) is 1.75. The molecule has 86 valence electrons. The normalized spacial score (nSPS) is 19.6. The zero-order valence-corrected chi connectivity index (χ0v) is 9.06. The molecule has 2 unspecified atom stereocenters. The minimum Gasteiger partial charge on any atom is -0.481 e. The number of carbonyl (C=O) groups is 2. The molecule has 0 aliphatic heterocycles. The van der Waals surface area contributed by atoms with E-state index < -0.39 is 23.2 Å². The first-order valence-electron chi connectivity index (χ1n) is 5.65. The van der Waals surface area contributed by atoms with Gasteiger partial charge in [0.05, 0.1) is 5.89 Å². The lowest BCUT2D eigenvalue weighted by atomic mass is 9.72.